The molecule has 2 heterocycles. The number of carbonyl (C=O) groups is 1. The second-order valence-corrected chi connectivity index (χ2v) is 6.72. The van der Waals surface area contributed by atoms with Crippen LogP contribution in [0.25, 0.3) is 10.6 Å². The first-order valence-corrected chi connectivity index (χ1v) is 8.80. The predicted molar refractivity (Wildman–Crippen MR) is 90.6 cm³/mol. The summed E-state index contributed by atoms with van der Waals surface area (Å²) in [5, 5.41) is 4.21. The molecule has 0 amide bonds. The van der Waals surface area contributed by atoms with Gasteiger partial charge in [-0.3, -0.25) is 14.2 Å². The molecule has 0 aliphatic heterocycles. The van der Waals surface area contributed by atoms with Crippen molar-refractivity contribution in [2.75, 3.05) is 0 Å². The molecule has 24 heavy (non-hydrogen) atoms. The number of rotatable bonds is 5. The van der Waals surface area contributed by atoms with Crippen LogP contribution >= 0.6 is 22.7 Å². The standard InChI is InChI=1S/C16H13FN2O3S2/c1-10-8-24-16(21)19(10)6-14(20)22-7-13-9-23-15(18-13)11-2-4-12(17)5-3-11/h2-5,8-9H,6-7H2,1H3. The number of thiazole rings is 2. The molecule has 0 spiro atoms. The smallest absolute Gasteiger partial charge is 0.326 e. The van der Waals surface area contributed by atoms with Crippen LogP contribution < -0.4 is 4.87 Å². The molecular weight excluding hydrogens is 351 g/mol. The fraction of sp³-hybridized carbons (Fsp3) is 0.188. The first-order chi connectivity index (χ1) is 11.5. The Hall–Kier alpha value is -2.32. The van der Waals surface area contributed by atoms with E-state index in [1.807, 2.05) is 0 Å². The maximum absolute atomic E-state index is 12.9. The van der Waals surface area contributed by atoms with Gasteiger partial charge in [-0.1, -0.05) is 11.3 Å². The summed E-state index contributed by atoms with van der Waals surface area (Å²) in [6, 6.07) is 6.04. The normalized spacial score (nSPS) is 10.8. The summed E-state index contributed by atoms with van der Waals surface area (Å²) < 4.78 is 19.5. The number of carbonyl (C=O) groups excluding carboxylic acids is 1. The Morgan fingerprint density at radius 3 is 2.67 bits per heavy atom. The number of benzene rings is 1. The van der Waals surface area contributed by atoms with Crippen LogP contribution in [0.5, 0.6) is 0 Å². The highest BCUT2D eigenvalue weighted by Crippen LogP contribution is 2.24. The van der Waals surface area contributed by atoms with Crippen molar-refractivity contribution >= 4 is 28.6 Å². The van der Waals surface area contributed by atoms with Crippen LogP contribution in [0.4, 0.5) is 4.39 Å². The van der Waals surface area contributed by atoms with Crippen LogP contribution in [0, 0.1) is 12.7 Å². The minimum absolute atomic E-state index is 0.0362. The Morgan fingerprint density at radius 1 is 1.25 bits per heavy atom. The van der Waals surface area contributed by atoms with Crippen molar-refractivity contribution in [3.63, 3.8) is 0 Å². The van der Waals surface area contributed by atoms with Crippen molar-refractivity contribution in [3.05, 3.63) is 61.9 Å². The van der Waals surface area contributed by atoms with Crippen molar-refractivity contribution in [3.8, 4) is 10.6 Å². The molecule has 3 aromatic rings. The summed E-state index contributed by atoms with van der Waals surface area (Å²) in [5.41, 5.74) is 2.15. The summed E-state index contributed by atoms with van der Waals surface area (Å²) in [6.07, 6.45) is 0. The van der Waals surface area contributed by atoms with E-state index < -0.39 is 5.97 Å². The monoisotopic (exact) mass is 364 g/mol. The van der Waals surface area contributed by atoms with Crippen LogP contribution in [0.1, 0.15) is 11.4 Å². The number of aryl methyl sites for hydroxylation is 1. The molecule has 0 bridgehead atoms. The summed E-state index contributed by atoms with van der Waals surface area (Å²) in [4.78, 5) is 27.6. The van der Waals surface area contributed by atoms with Crippen molar-refractivity contribution in [2.45, 2.75) is 20.1 Å². The molecule has 1 aromatic carbocycles. The molecule has 0 aliphatic carbocycles. The van der Waals surface area contributed by atoms with Crippen molar-refractivity contribution in [1.29, 1.82) is 0 Å². The van der Waals surface area contributed by atoms with Gasteiger partial charge in [0, 0.05) is 22.0 Å². The zero-order chi connectivity index (χ0) is 17.1. The van der Waals surface area contributed by atoms with E-state index in [1.54, 1.807) is 29.8 Å². The molecule has 0 aliphatic rings. The van der Waals surface area contributed by atoms with Gasteiger partial charge in [0.15, 0.2) is 0 Å². The summed E-state index contributed by atoms with van der Waals surface area (Å²) in [7, 11) is 0. The van der Waals surface area contributed by atoms with Crippen LogP contribution in [0.3, 0.4) is 0 Å². The molecule has 0 atom stereocenters. The Morgan fingerprint density at radius 2 is 2.00 bits per heavy atom. The van der Waals surface area contributed by atoms with Gasteiger partial charge >= 0.3 is 10.8 Å². The van der Waals surface area contributed by atoms with Gasteiger partial charge in [-0.15, -0.1) is 11.3 Å². The van der Waals surface area contributed by atoms with E-state index in [-0.39, 0.29) is 23.8 Å². The Bertz CT molecular complexity index is 912. The van der Waals surface area contributed by atoms with Gasteiger partial charge in [-0.25, -0.2) is 9.37 Å². The van der Waals surface area contributed by atoms with Crippen LogP contribution in [0.2, 0.25) is 0 Å². The van der Waals surface area contributed by atoms with Crippen LogP contribution in [-0.2, 0) is 22.7 Å². The van der Waals surface area contributed by atoms with Gasteiger partial charge in [-0.05, 0) is 31.2 Å². The van der Waals surface area contributed by atoms with Crippen LogP contribution in [0.15, 0.2) is 39.8 Å². The number of nitrogens with zero attached hydrogens (tertiary/aromatic N) is 2. The quantitative estimate of drug-likeness (QED) is 0.652. The summed E-state index contributed by atoms with van der Waals surface area (Å²) >= 11 is 2.44. The Labute approximate surface area is 145 Å². The molecule has 0 saturated heterocycles. The van der Waals surface area contributed by atoms with Gasteiger partial charge < -0.3 is 4.74 Å². The summed E-state index contributed by atoms with van der Waals surface area (Å²) in [5.74, 6) is -0.793. The lowest BCUT2D eigenvalue weighted by atomic mass is 10.2. The van der Waals surface area contributed by atoms with E-state index in [1.165, 1.54) is 28.0 Å². The van der Waals surface area contributed by atoms with Crippen molar-refractivity contribution in [2.24, 2.45) is 0 Å². The average Bonchev–Trinajstić information content (AvgIpc) is 3.16. The first kappa shape index (κ1) is 16.5. The lowest BCUT2D eigenvalue weighted by Crippen LogP contribution is -2.22. The van der Waals surface area contributed by atoms with Crippen molar-refractivity contribution in [1.82, 2.24) is 9.55 Å². The van der Waals surface area contributed by atoms with Gasteiger partial charge in [-0.2, -0.15) is 0 Å². The zero-order valence-corrected chi connectivity index (χ0v) is 14.3. The minimum atomic E-state index is -0.491. The van der Waals surface area contributed by atoms with E-state index in [4.69, 9.17) is 4.74 Å². The minimum Gasteiger partial charge on any atom is -0.458 e. The lowest BCUT2D eigenvalue weighted by Gasteiger charge is -2.04. The molecule has 0 N–H and O–H groups in total. The average molecular weight is 364 g/mol. The highest BCUT2D eigenvalue weighted by atomic mass is 32.1. The second-order valence-electron chi connectivity index (χ2n) is 5.04. The Kier molecular flexibility index (Phi) is 4.86. The number of ether oxygens (including phenoxy) is 1. The van der Waals surface area contributed by atoms with E-state index >= 15 is 0 Å². The zero-order valence-electron chi connectivity index (χ0n) is 12.7. The summed E-state index contributed by atoms with van der Waals surface area (Å²) in [6.45, 7) is 1.69. The second kappa shape index (κ2) is 7.06. The van der Waals surface area contributed by atoms with Gasteiger partial charge in [0.25, 0.3) is 0 Å². The number of hydrogen-bond donors (Lipinski definition) is 0. The molecule has 0 radical (unpaired) electrons. The molecule has 2 aromatic heterocycles. The third-order valence-corrected chi connectivity index (χ3v) is 5.11. The first-order valence-electron chi connectivity index (χ1n) is 7.04. The van der Waals surface area contributed by atoms with Crippen LogP contribution in [-0.4, -0.2) is 15.5 Å². The largest absolute Gasteiger partial charge is 0.458 e. The molecular formula is C16H13FN2O3S2. The highest BCUT2D eigenvalue weighted by molar-refractivity contribution is 7.13. The Balaban J connectivity index is 1.60. The van der Waals surface area contributed by atoms with Crippen molar-refractivity contribution < 1.29 is 13.9 Å². The van der Waals surface area contributed by atoms with E-state index in [0.29, 0.717) is 5.69 Å². The topological polar surface area (TPSA) is 61.2 Å². The fourth-order valence-electron chi connectivity index (χ4n) is 2.02. The molecule has 5 nitrogen and oxygen atoms in total. The number of halogens is 1. The third kappa shape index (κ3) is 3.77. The molecule has 0 fully saturated rings. The molecule has 124 valence electrons. The lowest BCUT2D eigenvalue weighted by molar-refractivity contribution is -0.145. The molecule has 0 unspecified atom stereocenters. The van der Waals surface area contributed by atoms with E-state index in [9.17, 15) is 14.0 Å². The molecule has 8 heteroatoms. The third-order valence-electron chi connectivity index (χ3n) is 3.29. The maximum Gasteiger partial charge on any atom is 0.326 e. The fourth-order valence-corrected chi connectivity index (χ4v) is 3.57. The van der Waals surface area contributed by atoms with E-state index in [2.05, 4.69) is 4.98 Å². The molecule has 3 rings (SSSR count). The number of esters is 1. The highest BCUT2D eigenvalue weighted by Gasteiger charge is 2.11. The number of aromatic nitrogens is 2. The van der Waals surface area contributed by atoms with Gasteiger partial charge in [0.2, 0.25) is 0 Å². The SMILES string of the molecule is Cc1csc(=O)n1CC(=O)OCc1csc(-c2ccc(F)cc2)n1. The van der Waals surface area contributed by atoms with Gasteiger partial charge in [0.05, 0.1) is 5.69 Å². The number of hydrogen-bond acceptors (Lipinski definition) is 6. The van der Waals surface area contributed by atoms with E-state index in [0.717, 1.165) is 27.6 Å². The molecule has 0 saturated carbocycles. The maximum atomic E-state index is 12.9. The predicted octanol–water partition coefficient (Wildman–Crippen LogP) is 3.22. The van der Waals surface area contributed by atoms with Gasteiger partial charge in [0.1, 0.15) is 24.0 Å².